The minimum absolute atomic E-state index is 0.0643. The normalized spacial score (nSPS) is 27.7. The van der Waals surface area contributed by atoms with Gasteiger partial charge in [-0.1, -0.05) is 0 Å². The van der Waals surface area contributed by atoms with Crippen LogP contribution in [0, 0.1) is 0 Å². The van der Waals surface area contributed by atoms with Gasteiger partial charge in [0.05, 0.1) is 12.7 Å². The molecule has 2 atom stereocenters. The Morgan fingerprint density at radius 2 is 2.14 bits per heavy atom. The Balaban J connectivity index is 1.98. The summed E-state index contributed by atoms with van der Waals surface area (Å²) in [6, 6.07) is -0.708. The number of rotatable bonds is 6. The van der Waals surface area contributed by atoms with Crippen LogP contribution < -0.4 is 4.72 Å². The zero-order valence-electron chi connectivity index (χ0n) is 12.4. The van der Waals surface area contributed by atoms with Gasteiger partial charge in [0.1, 0.15) is 6.04 Å². The van der Waals surface area contributed by atoms with Gasteiger partial charge in [0.15, 0.2) is 0 Å². The number of nitrogens with zero attached hydrogens (tertiary/aromatic N) is 1. The highest BCUT2D eigenvalue weighted by molar-refractivity contribution is 7.87. The number of carbonyl (C=O) groups excluding carboxylic acids is 1. The fourth-order valence-electron chi connectivity index (χ4n) is 2.75. The second-order valence-corrected chi connectivity index (χ2v) is 7.07. The molecule has 2 rings (SSSR count). The van der Waals surface area contributed by atoms with E-state index in [1.807, 2.05) is 0 Å². The highest BCUT2D eigenvalue weighted by Gasteiger charge is 2.37. The van der Waals surface area contributed by atoms with Gasteiger partial charge in [0.2, 0.25) is 0 Å². The first-order valence-electron chi connectivity index (χ1n) is 7.59. The summed E-state index contributed by atoms with van der Waals surface area (Å²) in [5, 5.41) is 0. The third-order valence-corrected chi connectivity index (χ3v) is 5.42. The van der Waals surface area contributed by atoms with Crippen molar-refractivity contribution < 1.29 is 22.7 Å². The van der Waals surface area contributed by atoms with Gasteiger partial charge < -0.3 is 9.47 Å². The minimum Gasteiger partial charge on any atom is -0.465 e. The number of hydrogen-bond donors (Lipinski definition) is 1. The van der Waals surface area contributed by atoms with Crippen molar-refractivity contribution in [2.75, 3.05) is 26.3 Å². The van der Waals surface area contributed by atoms with E-state index in [1.54, 1.807) is 6.92 Å². The fourth-order valence-corrected chi connectivity index (χ4v) is 4.21. The van der Waals surface area contributed by atoms with Crippen molar-refractivity contribution in [2.24, 2.45) is 0 Å². The van der Waals surface area contributed by atoms with Crippen LogP contribution in [0.25, 0.3) is 0 Å². The zero-order chi connectivity index (χ0) is 15.3. The average Bonchev–Trinajstić information content (AvgIpc) is 2.99. The van der Waals surface area contributed by atoms with E-state index in [2.05, 4.69) is 4.72 Å². The van der Waals surface area contributed by atoms with Crippen LogP contribution in [0.3, 0.4) is 0 Å². The van der Waals surface area contributed by atoms with Crippen LogP contribution >= 0.6 is 0 Å². The molecule has 2 fully saturated rings. The monoisotopic (exact) mass is 320 g/mol. The Labute approximate surface area is 126 Å². The highest BCUT2D eigenvalue weighted by atomic mass is 32.2. The van der Waals surface area contributed by atoms with E-state index in [-0.39, 0.29) is 19.3 Å². The van der Waals surface area contributed by atoms with Gasteiger partial charge in [0.25, 0.3) is 10.2 Å². The molecule has 0 amide bonds. The summed E-state index contributed by atoms with van der Waals surface area (Å²) >= 11 is 0. The predicted molar refractivity (Wildman–Crippen MR) is 76.9 cm³/mol. The summed E-state index contributed by atoms with van der Waals surface area (Å²) in [5.74, 6) is -0.459. The molecule has 122 valence electrons. The number of esters is 1. The maximum atomic E-state index is 12.4. The topological polar surface area (TPSA) is 84.9 Å². The number of ether oxygens (including phenoxy) is 2. The Bertz CT molecular complexity index is 447. The number of piperidine rings is 1. The summed E-state index contributed by atoms with van der Waals surface area (Å²) in [4.78, 5) is 11.9. The van der Waals surface area contributed by atoms with Gasteiger partial charge in [-0.05, 0) is 39.0 Å². The van der Waals surface area contributed by atoms with Crippen LogP contribution in [-0.2, 0) is 24.5 Å². The van der Waals surface area contributed by atoms with Crippen molar-refractivity contribution in [3.63, 3.8) is 0 Å². The van der Waals surface area contributed by atoms with Crippen molar-refractivity contribution in [1.29, 1.82) is 0 Å². The van der Waals surface area contributed by atoms with Crippen LogP contribution in [-0.4, -0.2) is 57.1 Å². The maximum Gasteiger partial charge on any atom is 0.324 e. The average molecular weight is 320 g/mol. The summed E-state index contributed by atoms with van der Waals surface area (Å²) in [5.41, 5.74) is 0. The van der Waals surface area contributed by atoms with E-state index in [1.165, 1.54) is 4.31 Å². The molecule has 0 unspecified atom stereocenters. The molecule has 0 radical (unpaired) electrons. The Morgan fingerprint density at radius 1 is 1.33 bits per heavy atom. The molecule has 0 aromatic rings. The largest absolute Gasteiger partial charge is 0.465 e. The summed E-state index contributed by atoms with van der Waals surface area (Å²) in [7, 11) is -3.68. The van der Waals surface area contributed by atoms with Gasteiger partial charge in [-0.15, -0.1) is 0 Å². The van der Waals surface area contributed by atoms with E-state index in [0.717, 1.165) is 25.7 Å². The summed E-state index contributed by atoms with van der Waals surface area (Å²) in [6.07, 6.45) is 3.87. The lowest BCUT2D eigenvalue weighted by Gasteiger charge is -2.33. The zero-order valence-corrected chi connectivity index (χ0v) is 13.2. The first-order chi connectivity index (χ1) is 10.0. The molecule has 0 saturated carbocycles. The second-order valence-electron chi connectivity index (χ2n) is 5.36. The maximum absolute atomic E-state index is 12.4. The van der Waals surface area contributed by atoms with Gasteiger partial charge in [-0.25, -0.2) is 0 Å². The smallest absolute Gasteiger partial charge is 0.324 e. The van der Waals surface area contributed by atoms with Gasteiger partial charge in [-0.3, -0.25) is 4.79 Å². The molecule has 2 aliphatic heterocycles. The molecule has 7 nitrogen and oxygen atoms in total. The van der Waals surface area contributed by atoms with Crippen molar-refractivity contribution in [3.05, 3.63) is 0 Å². The van der Waals surface area contributed by atoms with Crippen LogP contribution in [0.2, 0.25) is 0 Å². The lowest BCUT2D eigenvalue weighted by Crippen LogP contribution is -2.53. The molecule has 1 N–H and O–H groups in total. The molecule has 2 aliphatic rings. The molecule has 0 aromatic carbocycles. The van der Waals surface area contributed by atoms with Gasteiger partial charge >= 0.3 is 5.97 Å². The summed E-state index contributed by atoms with van der Waals surface area (Å²) < 4.78 is 39.0. The molecule has 0 aliphatic carbocycles. The van der Waals surface area contributed by atoms with Crippen LogP contribution in [0.15, 0.2) is 0 Å². The van der Waals surface area contributed by atoms with Crippen LogP contribution in [0.1, 0.15) is 39.0 Å². The Kier molecular flexibility index (Phi) is 5.98. The molecular weight excluding hydrogens is 296 g/mol. The first kappa shape index (κ1) is 16.7. The van der Waals surface area contributed by atoms with E-state index in [9.17, 15) is 13.2 Å². The molecular formula is C13H24N2O5S. The summed E-state index contributed by atoms with van der Waals surface area (Å²) in [6.45, 7) is 3.27. The van der Waals surface area contributed by atoms with E-state index >= 15 is 0 Å². The van der Waals surface area contributed by atoms with Gasteiger partial charge in [-0.2, -0.15) is 17.4 Å². The number of hydrogen-bond acceptors (Lipinski definition) is 5. The van der Waals surface area contributed by atoms with Crippen LogP contribution in [0.4, 0.5) is 0 Å². The Morgan fingerprint density at radius 3 is 2.81 bits per heavy atom. The number of nitrogens with one attached hydrogen (secondary N) is 1. The second kappa shape index (κ2) is 7.53. The van der Waals surface area contributed by atoms with E-state index in [4.69, 9.17) is 9.47 Å². The lowest BCUT2D eigenvalue weighted by molar-refractivity contribution is -0.148. The molecule has 0 bridgehead atoms. The highest BCUT2D eigenvalue weighted by Crippen LogP contribution is 2.21. The third-order valence-electron chi connectivity index (χ3n) is 3.84. The first-order valence-corrected chi connectivity index (χ1v) is 9.03. The standard InChI is InChI=1S/C13H24N2O5S/c1-2-19-13(16)12-7-3-4-8-15(12)21(17,18)14-10-11-6-5-9-20-11/h11-12,14H,2-10H2,1H3/t11-,12+/m1/s1. The quantitative estimate of drug-likeness (QED) is 0.717. The third kappa shape index (κ3) is 4.38. The minimum atomic E-state index is -3.68. The van der Waals surface area contributed by atoms with Crippen molar-refractivity contribution >= 4 is 16.2 Å². The molecule has 8 heteroatoms. The molecule has 2 heterocycles. The van der Waals surface area contributed by atoms with Crippen molar-refractivity contribution in [1.82, 2.24) is 9.03 Å². The number of carbonyl (C=O) groups is 1. The Hall–Kier alpha value is -0.700. The predicted octanol–water partition coefficient (Wildman–Crippen LogP) is 0.417. The van der Waals surface area contributed by atoms with Crippen molar-refractivity contribution in [3.8, 4) is 0 Å². The van der Waals surface area contributed by atoms with E-state index < -0.39 is 22.2 Å². The van der Waals surface area contributed by atoms with E-state index in [0.29, 0.717) is 19.6 Å². The SMILES string of the molecule is CCOC(=O)[C@@H]1CCCCN1S(=O)(=O)NC[C@H]1CCCO1. The molecule has 2 saturated heterocycles. The molecule has 21 heavy (non-hydrogen) atoms. The molecule has 0 aromatic heterocycles. The van der Waals surface area contributed by atoms with Gasteiger partial charge in [0, 0.05) is 19.7 Å². The molecule has 0 spiro atoms. The van der Waals surface area contributed by atoms with Crippen LogP contribution in [0.5, 0.6) is 0 Å². The lowest BCUT2D eigenvalue weighted by atomic mass is 10.1. The fraction of sp³-hybridized carbons (Fsp3) is 0.923. The van der Waals surface area contributed by atoms with Crippen molar-refractivity contribution in [2.45, 2.75) is 51.2 Å².